The Morgan fingerprint density at radius 2 is 2.08 bits per heavy atom. The molecule has 0 spiro atoms. The van der Waals surface area contributed by atoms with Gasteiger partial charge >= 0.3 is 0 Å². The lowest BCUT2D eigenvalue weighted by atomic mass is 10.2. The maximum atomic E-state index is 9.06. The molecule has 13 heavy (non-hydrogen) atoms. The van der Waals surface area contributed by atoms with E-state index in [0.717, 1.165) is 24.3 Å². The summed E-state index contributed by atoms with van der Waals surface area (Å²) in [6, 6.07) is 7.83. The molecule has 0 aromatic heterocycles. The molecule has 1 fully saturated rings. The highest BCUT2D eigenvalue weighted by molar-refractivity contribution is 5.50. The molecule has 2 N–H and O–H groups in total. The molecular weight excluding hydrogens is 164 g/mol. The summed E-state index contributed by atoms with van der Waals surface area (Å²) in [6.07, 6.45) is 1.26. The van der Waals surface area contributed by atoms with Crippen molar-refractivity contribution in [1.82, 2.24) is 5.01 Å². The van der Waals surface area contributed by atoms with Crippen molar-refractivity contribution in [2.24, 2.45) is 0 Å². The number of hydrazine groups is 1. The topological polar surface area (TPSA) is 35.5 Å². The monoisotopic (exact) mass is 178 g/mol. The van der Waals surface area contributed by atoms with Crippen molar-refractivity contribution in [1.29, 1.82) is 0 Å². The SMILES string of the molecule is OCc1ccccc1NN1CCC1. The van der Waals surface area contributed by atoms with Crippen LogP contribution in [0.15, 0.2) is 24.3 Å². The third-order valence-corrected chi connectivity index (χ3v) is 2.32. The van der Waals surface area contributed by atoms with E-state index in [2.05, 4.69) is 10.4 Å². The van der Waals surface area contributed by atoms with E-state index < -0.39 is 0 Å². The zero-order chi connectivity index (χ0) is 9.10. The molecule has 70 valence electrons. The van der Waals surface area contributed by atoms with Crippen molar-refractivity contribution >= 4 is 5.69 Å². The fourth-order valence-corrected chi connectivity index (χ4v) is 1.37. The van der Waals surface area contributed by atoms with Crippen LogP contribution in [0, 0.1) is 0 Å². The van der Waals surface area contributed by atoms with Gasteiger partial charge in [0.25, 0.3) is 0 Å². The van der Waals surface area contributed by atoms with Crippen LogP contribution in [0.5, 0.6) is 0 Å². The second-order valence-corrected chi connectivity index (χ2v) is 3.27. The number of rotatable bonds is 3. The average molecular weight is 178 g/mol. The van der Waals surface area contributed by atoms with Crippen molar-refractivity contribution in [3.05, 3.63) is 29.8 Å². The van der Waals surface area contributed by atoms with E-state index in [9.17, 15) is 0 Å². The second kappa shape index (κ2) is 3.77. The van der Waals surface area contributed by atoms with Crippen LogP contribution in [0.3, 0.4) is 0 Å². The Hall–Kier alpha value is -1.06. The maximum Gasteiger partial charge on any atom is 0.0702 e. The second-order valence-electron chi connectivity index (χ2n) is 3.27. The van der Waals surface area contributed by atoms with Gasteiger partial charge in [-0.3, -0.25) is 0 Å². The Bertz CT molecular complexity index is 284. The van der Waals surface area contributed by atoms with Gasteiger partial charge in [0, 0.05) is 18.7 Å². The van der Waals surface area contributed by atoms with Gasteiger partial charge in [-0.2, -0.15) is 0 Å². The molecule has 1 aliphatic rings. The minimum atomic E-state index is 0.0943. The number of nitrogens with one attached hydrogen (secondary N) is 1. The summed E-state index contributed by atoms with van der Waals surface area (Å²) in [5.41, 5.74) is 5.24. The van der Waals surface area contributed by atoms with E-state index in [1.54, 1.807) is 0 Å². The summed E-state index contributed by atoms with van der Waals surface area (Å²) in [5.74, 6) is 0. The van der Waals surface area contributed by atoms with Crippen LogP contribution in [0.2, 0.25) is 0 Å². The Kier molecular flexibility index (Phi) is 2.47. The highest BCUT2D eigenvalue weighted by Crippen LogP contribution is 2.17. The van der Waals surface area contributed by atoms with Crippen LogP contribution >= 0.6 is 0 Å². The van der Waals surface area contributed by atoms with E-state index in [1.165, 1.54) is 6.42 Å². The van der Waals surface area contributed by atoms with Crippen LogP contribution in [0.1, 0.15) is 12.0 Å². The quantitative estimate of drug-likeness (QED) is 0.730. The van der Waals surface area contributed by atoms with E-state index in [1.807, 2.05) is 24.3 Å². The van der Waals surface area contributed by atoms with Gasteiger partial charge in [0.1, 0.15) is 0 Å². The molecule has 0 saturated carbocycles. The summed E-state index contributed by atoms with van der Waals surface area (Å²) in [5, 5.41) is 11.2. The Labute approximate surface area is 78.0 Å². The fourth-order valence-electron chi connectivity index (χ4n) is 1.37. The highest BCUT2D eigenvalue weighted by atomic mass is 16.3. The molecule has 1 saturated heterocycles. The molecule has 0 atom stereocenters. The summed E-state index contributed by atoms with van der Waals surface area (Å²) in [7, 11) is 0. The van der Waals surface area contributed by atoms with E-state index >= 15 is 0 Å². The van der Waals surface area contributed by atoms with Crippen molar-refractivity contribution in [3.63, 3.8) is 0 Å². The zero-order valence-corrected chi connectivity index (χ0v) is 7.53. The molecular formula is C10H14N2O. The molecule has 0 amide bonds. The molecule has 1 heterocycles. The smallest absolute Gasteiger partial charge is 0.0702 e. The number of aliphatic hydroxyl groups excluding tert-OH is 1. The summed E-state index contributed by atoms with van der Waals surface area (Å²) >= 11 is 0. The molecule has 0 radical (unpaired) electrons. The minimum absolute atomic E-state index is 0.0943. The summed E-state index contributed by atoms with van der Waals surface area (Å²) in [4.78, 5) is 0. The number of para-hydroxylation sites is 1. The molecule has 1 aromatic carbocycles. The van der Waals surface area contributed by atoms with Gasteiger partial charge in [-0.1, -0.05) is 18.2 Å². The number of aliphatic hydroxyl groups is 1. The molecule has 0 unspecified atom stereocenters. The van der Waals surface area contributed by atoms with Crippen LogP contribution in [0.4, 0.5) is 5.69 Å². The van der Waals surface area contributed by atoms with Gasteiger partial charge in [-0.15, -0.1) is 0 Å². The lowest BCUT2D eigenvalue weighted by Crippen LogP contribution is -2.41. The number of anilines is 1. The van der Waals surface area contributed by atoms with Crippen molar-refractivity contribution in [2.45, 2.75) is 13.0 Å². The van der Waals surface area contributed by atoms with E-state index in [-0.39, 0.29) is 6.61 Å². The number of hydrogen-bond donors (Lipinski definition) is 2. The summed E-state index contributed by atoms with van der Waals surface area (Å²) in [6.45, 7) is 2.29. The third-order valence-electron chi connectivity index (χ3n) is 2.32. The van der Waals surface area contributed by atoms with Gasteiger partial charge in [0.15, 0.2) is 0 Å². The Morgan fingerprint density at radius 3 is 2.69 bits per heavy atom. The van der Waals surface area contributed by atoms with Gasteiger partial charge in [-0.05, 0) is 12.5 Å². The third kappa shape index (κ3) is 1.82. The van der Waals surface area contributed by atoms with Crippen LogP contribution in [-0.4, -0.2) is 23.2 Å². The van der Waals surface area contributed by atoms with E-state index in [4.69, 9.17) is 5.11 Å². The van der Waals surface area contributed by atoms with Crippen molar-refractivity contribution in [2.75, 3.05) is 18.5 Å². The Balaban J connectivity index is 2.08. The maximum absolute atomic E-state index is 9.06. The molecule has 0 aliphatic carbocycles. The van der Waals surface area contributed by atoms with Gasteiger partial charge in [-0.25, -0.2) is 5.01 Å². The van der Waals surface area contributed by atoms with Gasteiger partial charge < -0.3 is 10.5 Å². The normalized spacial score (nSPS) is 16.7. The molecule has 3 heteroatoms. The van der Waals surface area contributed by atoms with Gasteiger partial charge in [0.2, 0.25) is 0 Å². The predicted octanol–water partition coefficient (Wildman–Crippen LogP) is 1.21. The van der Waals surface area contributed by atoms with Gasteiger partial charge in [0.05, 0.1) is 12.3 Å². The molecule has 3 nitrogen and oxygen atoms in total. The first-order chi connectivity index (χ1) is 6.40. The first-order valence-corrected chi connectivity index (χ1v) is 4.60. The first-order valence-electron chi connectivity index (χ1n) is 4.60. The van der Waals surface area contributed by atoms with Crippen molar-refractivity contribution < 1.29 is 5.11 Å². The van der Waals surface area contributed by atoms with Crippen LogP contribution in [0.25, 0.3) is 0 Å². The highest BCUT2D eigenvalue weighted by Gasteiger charge is 2.13. The molecule has 1 aliphatic heterocycles. The molecule has 0 bridgehead atoms. The van der Waals surface area contributed by atoms with Crippen LogP contribution in [-0.2, 0) is 6.61 Å². The fraction of sp³-hybridized carbons (Fsp3) is 0.400. The number of nitrogens with zero attached hydrogens (tertiary/aromatic N) is 1. The van der Waals surface area contributed by atoms with E-state index in [0.29, 0.717) is 0 Å². The molecule has 2 rings (SSSR count). The largest absolute Gasteiger partial charge is 0.392 e. The number of hydrogen-bond acceptors (Lipinski definition) is 3. The zero-order valence-electron chi connectivity index (χ0n) is 7.53. The first kappa shape index (κ1) is 8.53. The number of benzene rings is 1. The van der Waals surface area contributed by atoms with Crippen LogP contribution < -0.4 is 5.43 Å². The lowest BCUT2D eigenvalue weighted by molar-refractivity contribution is 0.224. The standard InChI is InChI=1S/C10H14N2O/c13-8-9-4-1-2-5-10(9)11-12-6-3-7-12/h1-2,4-5,11,13H,3,6-8H2. The Morgan fingerprint density at radius 1 is 1.31 bits per heavy atom. The molecule has 1 aromatic rings. The summed E-state index contributed by atoms with van der Waals surface area (Å²) < 4.78 is 0. The average Bonchev–Trinajstić information content (AvgIpc) is 2.12. The predicted molar refractivity (Wildman–Crippen MR) is 52.2 cm³/mol. The minimum Gasteiger partial charge on any atom is -0.392 e. The van der Waals surface area contributed by atoms with Crippen molar-refractivity contribution in [3.8, 4) is 0 Å². The lowest BCUT2D eigenvalue weighted by Gasteiger charge is -2.32.